The maximum absolute atomic E-state index is 12.1. The van der Waals surface area contributed by atoms with Crippen molar-refractivity contribution in [3.05, 3.63) is 28.8 Å². The van der Waals surface area contributed by atoms with Crippen LogP contribution in [0.1, 0.15) is 37.0 Å². The molecule has 1 fully saturated rings. The maximum atomic E-state index is 12.1. The van der Waals surface area contributed by atoms with E-state index in [1.165, 1.54) is 0 Å². The molecule has 0 amide bonds. The van der Waals surface area contributed by atoms with Gasteiger partial charge in [-0.3, -0.25) is 9.59 Å². The molecule has 1 unspecified atom stereocenters. The van der Waals surface area contributed by atoms with Crippen molar-refractivity contribution in [2.24, 2.45) is 11.8 Å². The fourth-order valence-corrected chi connectivity index (χ4v) is 2.25. The summed E-state index contributed by atoms with van der Waals surface area (Å²) < 4.78 is 5.63. The molecule has 1 saturated carbocycles. The van der Waals surface area contributed by atoms with Crippen molar-refractivity contribution in [2.45, 2.75) is 32.8 Å². The van der Waals surface area contributed by atoms with Crippen LogP contribution >= 0.6 is 11.6 Å². The molecule has 0 aliphatic heterocycles. The van der Waals surface area contributed by atoms with Gasteiger partial charge in [0, 0.05) is 11.5 Å². The van der Waals surface area contributed by atoms with Gasteiger partial charge in [0.1, 0.15) is 5.75 Å². The van der Waals surface area contributed by atoms with Crippen molar-refractivity contribution in [2.75, 3.05) is 0 Å². The molecular formula is C15H17ClO4. The lowest BCUT2D eigenvalue weighted by atomic mass is 10.1. The molecule has 0 aromatic heterocycles. The lowest BCUT2D eigenvalue weighted by Gasteiger charge is -2.14. The zero-order valence-electron chi connectivity index (χ0n) is 11.4. The highest BCUT2D eigenvalue weighted by Gasteiger charge is 2.48. The van der Waals surface area contributed by atoms with E-state index >= 15 is 0 Å². The summed E-state index contributed by atoms with van der Waals surface area (Å²) in [5.41, 5.74) is 0.445. The Hall–Kier alpha value is -1.55. The summed E-state index contributed by atoms with van der Waals surface area (Å²) >= 11 is 6.11. The molecule has 1 aliphatic rings. The standard InChI is InChI=1S/C15H17ClO4/c1-3-8(2)20-13-5-4-9(6-12(13)16)14(17)10-7-11(10)15(18)19/h4-6,8,10-11H,3,7H2,1-2H3,(H,18,19)/t8?,10-,11-/m0/s1. The van der Waals surface area contributed by atoms with Gasteiger partial charge in [-0.2, -0.15) is 0 Å². The normalized spacial score (nSPS) is 22.1. The SMILES string of the molecule is CCC(C)Oc1ccc(C(=O)[C@H]2C[C@@H]2C(=O)O)cc1Cl. The average Bonchev–Trinajstić information content (AvgIpc) is 3.20. The molecule has 0 heterocycles. The topological polar surface area (TPSA) is 63.6 Å². The molecule has 4 nitrogen and oxygen atoms in total. The first kappa shape index (κ1) is 14.9. The highest BCUT2D eigenvalue weighted by molar-refractivity contribution is 6.32. The molecule has 1 aromatic rings. The van der Waals surface area contributed by atoms with E-state index in [4.69, 9.17) is 21.4 Å². The van der Waals surface area contributed by atoms with Gasteiger partial charge in [0.15, 0.2) is 5.78 Å². The molecule has 2 rings (SSSR count). The molecule has 3 atom stereocenters. The van der Waals surface area contributed by atoms with E-state index in [0.717, 1.165) is 6.42 Å². The van der Waals surface area contributed by atoms with Gasteiger partial charge in [-0.1, -0.05) is 18.5 Å². The summed E-state index contributed by atoms with van der Waals surface area (Å²) in [7, 11) is 0. The summed E-state index contributed by atoms with van der Waals surface area (Å²) in [6, 6.07) is 4.86. The smallest absolute Gasteiger partial charge is 0.307 e. The molecule has 108 valence electrons. The number of ketones is 1. The molecule has 0 radical (unpaired) electrons. The van der Waals surface area contributed by atoms with E-state index in [2.05, 4.69) is 0 Å². The van der Waals surface area contributed by atoms with Gasteiger partial charge in [-0.15, -0.1) is 0 Å². The van der Waals surface area contributed by atoms with Crippen molar-refractivity contribution < 1.29 is 19.4 Å². The third-order valence-electron chi connectivity index (χ3n) is 3.56. The lowest BCUT2D eigenvalue weighted by molar-refractivity contribution is -0.138. The fourth-order valence-electron chi connectivity index (χ4n) is 2.02. The van der Waals surface area contributed by atoms with Crippen LogP contribution in [-0.2, 0) is 4.79 Å². The first-order valence-electron chi connectivity index (χ1n) is 6.67. The molecular weight excluding hydrogens is 280 g/mol. The number of benzene rings is 1. The van der Waals surface area contributed by atoms with Crippen LogP contribution in [0.5, 0.6) is 5.75 Å². The van der Waals surface area contributed by atoms with Gasteiger partial charge in [0.05, 0.1) is 17.0 Å². The number of rotatable bonds is 6. The van der Waals surface area contributed by atoms with Crippen LogP contribution in [0, 0.1) is 11.8 Å². The van der Waals surface area contributed by atoms with Gasteiger partial charge in [0.2, 0.25) is 0 Å². The molecule has 0 spiro atoms. The van der Waals surface area contributed by atoms with E-state index in [1.54, 1.807) is 18.2 Å². The third kappa shape index (κ3) is 3.12. The van der Waals surface area contributed by atoms with Gasteiger partial charge in [-0.25, -0.2) is 0 Å². The Balaban J connectivity index is 2.09. The number of halogens is 1. The van der Waals surface area contributed by atoms with Crippen LogP contribution in [0.4, 0.5) is 0 Å². The number of aliphatic carboxylic acids is 1. The number of Topliss-reactive ketones (excluding diaryl/α,β-unsaturated/α-hetero) is 1. The molecule has 5 heteroatoms. The van der Waals surface area contributed by atoms with Crippen molar-refractivity contribution in [1.82, 2.24) is 0 Å². The predicted octanol–water partition coefficient (Wildman–Crippen LogP) is 3.42. The van der Waals surface area contributed by atoms with Crippen molar-refractivity contribution in [3.8, 4) is 5.75 Å². The summed E-state index contributed by atoms with van der Waals surface area (Å²) in [6.45, 7) is 3.95. The average molecular weight is 297 g/mol. The van der Waals surface area contributed by atoms with Gasteiger partial charge in [-0.05, 0) is 38.0 Å². The van der Waals surface area contributed by atoms with Crippen LogP contribution in [0.2, 0.25) is 5.02 Å². The monoisotopic (exact) mass is 296 g/mol. The Morgan fingerprint density at radius 3 is 2.65 bits per heavy atom. The second-order valence-electron chi connectivity index (χ2n) is 5.13. The number of carboxylic acids is 1. The number of carbonyl (C=O) groups excluding carboxylic acids is 1. The largest absolute Gasteiger partial charge is 0.489 e. The number of carbonyl (C=O) groups is 2. The zero-order chi connectivity index (χ0) is 14.9. The third-order valence-corrected chi connectivity index (χ3v) is 3.86. The van der Waals surface area contributed by atoms with E-state index in [0.29, 0.717) is 22.8 Å². The highest BCUT2D eigenvalue weighted by Crippen LogP contribution is 2.41. The second kappa shape index (κ2) is 5.83. The second-order valence-corrected chi connectivity index (χ2v) is 5.54. The Labute approximate surface area is 122 Å². The summed E-state index contributed by atoms with van der Waals surface area (Å²) in [5.74, 6) is -1.48. The van der Waals surface area contributed by atoms with Crippen molar-refractivity contribution >= 4 is 23.4 Å². The van der Waals surface area contributed by atoms with Gasteiger partial charge >= 0.3 is 5.97 Å². The minimum absolute atomic E-state index is 0.0499. The predicted molar refractivity (Wildman–Crippen MR) is 75.4 cm³/mol. The van der Waals surface area contributed by atoms with Crippen molar-refractivity contribution in [3.63, 3.8) is 0 Å². The quantitative estimate of drug-likeness (QED) is 0.817. The van der Waals surface area contributed by atoms with Crippen LogP contribution in [0.15, 0.2) is 18.2 Å². The Bertz CT molecular complexity index is 541. The molecule has 0 saturated heterocycles. The van der Waals surface area contributed by atoms with Gasteiger partial charge < -0.3 is 9.84 Å². The van der Waals surface area contributed by atoms with Crippen LogP contribution < -0.4 is 4.74 Å². The van der Waals surface area contributed by atoms with E-state index < -0.39 is 17.8 Å². The lowest BCUT2D eigenvalue weighted by Crippen LogP contribution is -2.11. The minimum Gasteiger partial charge on any atom is -0.489 e. The number of ether oxygens (including phenoxy) is 1. The Kier molecular flexibility index (Phi) is 4.33. The summed E-state index contributed by atoms with van der Waals surface area (Å²) in [5, 5.41) is 9.22. The number of carboxylic acid groups (broad SMARTS) is 1. The van der Waals surface area contributed by atoms with E-state index in [-0.39, 0.29) is 11.9 Å². The Morgan fingerprint density at radius 2 is 2.15 bits per heavy atom. The van der Waals surface area contributed by atoms with Crippen LogP contribution in [0.25, 0.3) is 0 Å². The number of hydrogen-bond acceptors (Lipinski definition) is 3. The summed E-state index contributed by atoms with van der Waals surface area (Å²) in [4.78, 5) is 22.9. The van der Waals surface area contributed by atoms with E-state index in [9.17, 15) is 9.59 Å². The molecule has 0 bridgehead atoms. The molecule has 1 aliphatic carbocycles. The number of hydrogen-bond donors (Lipinski definition) is 1. The molecule has 1 N–H and O–H groups in total. The molecule has 1 aromatic carbocycles. The van der Waals surface area contributed by atoms with Gasteiger partial charge in [0.25, 0.3) is 0 Å². The van der Waals surface area contributed by atoms with Crippen LogP contribution in [-0.4, -0.2) is 23.0 Å². The van der Waals surface area contributed by atoms with Crippen molar-refractivity contribution in [1.29, 1.82) is 0 Å². The van der Waals surface area contributed by atoms with Crippen LogP contribution in [0.3, 0.4) is 0 Å². The first-order chi connectivity index (χ1) is 9.43. The first-order valence-corrected chi connectivity index (χ1v) is 7.05. The zero-order valence-corrected chi connectivity index (χ0v) is 12.2. The highest BCUT2D eigenvalue weighted by atomic mass is 35.5. The molecule has 20 heavy (non-hydrogen) atoms. The fraction of sp³-hybridized carbons (Fsp3) is 0.467. The Morgan fingerprint density at radius 1 is 1.45 bits per heavy atom. The summed E-state index contributed by atoms with van der Waals surface area (Å²) in [6.07, 6.45) is 1.32. The maximum Gasteiger partial charge on any atom is 0.307 e. The van der Waals surface area contributed by atoms with E-state index in [1.807, 2.05) is 13.8 Å². The minimum atomic E-state index is -0.911.